The van der Waals surface area contributed by atoms with Crippen LogP contribution in [0.25, 0.3) is 11.1 Å². The van der Waals surface area contributed by atoms with Crippen LogP contribution in [-0.4, -0.2) is 34.6 Å². The Kier molecular flexibility index (Phi) is 4.96. The molecular weight excluding hydrogens is 350 g/mol. The lowest BCUT2D eigenvalue weighted by Gasteiger charge is -2.26. The van der Waals surface area contributed by atoms with Crippen LogP contribution in [0.3, 0.4) is 0 Å². The molecule has 0 aromatic heterocycles. The Morgan fingerprint density at radius 3 is 2.08 bits per heavy atom. The van der Waals surface area contributed by atoms with Crippen LogP contribution in [0, 0.1) is 0 Å². The minimum atomic E-state index is -1.15. The Morgan fingerprint density at radius 2 is 1.62 bits per heavy atom. The van der Waals surface area contributed by atoms with E-state index in [4.69, 9.17) is 4.74 Å². The van der Waals surface area contributed by atoms with Crippen molar-refractivity contribution in [2.75, 3.05) is 6.61 Å². The van der Waals surface area contributed by atoms with Gasteiger partial charge in [0, 0.05) is 10.7 Å². The SMILES string of the molecule is CC(C)(S)[C@@H](NC(=O)OCC1c2ccccc2-c2ccccc21)C(=O)O. The number of benzene rings is 2. The number of carboxylic acid groups (broad SMARTS) is 1. The third kappa shape index (κ3) is 3.55. The zero-order chi connectivity index (χ0) is 18.9. The van der Waals surface area contributed by atoms with Gasteiger partial charge in [-0.15, -0.1) is 0 Å². The molecule has 26 heavy (non-hydrogen) atoms. The molecule has 0 aliphatic heterocycles. The van der Waals surface area contributed by atoms with Crippen molar-refractivity contribution in [2.24, 2.45) is 0 Å². The van der Waals surface area contributed by atoms with Crippen molar-refractivity contribution in [1.82, 2.24) is 5.32 Å². The minimum absolute atomic E-state index is 0.0690. The molecule has 1 aliphatic carbocycles. The first-order valence-electron chi connectivity index (χ1n) is 8.35. The molecular formula is C20H21NO4S. The van der Waals surface area contributed by atoms with Gasteiger partial charge in [0.1, 0.15) is 12.6 Å². The fourth-order valence-corrected chi connectivity index (χ4v) is 3.47. The number of carboxylic acids is 1. The van der Waals surface area contributed by atoms with Gasteiger partial charge in [0.15, 0.2) is 0 Å². The molecule has 6 heteroatoms. The molecule has 0 heterocycles. The van der Waals surface area contributed by atoms with Crippen LogP contribution in [0.4, 0.5) is 4.79 Å². The predicted molar refractivity (Wildman–Crippen MR) is 103 cm³/mol. The highest BCUT2D eigenvalue weighted by Gasteiger charge is 2.35. The average Bonchev–Trinajstić information content (AvgIpc) is 2.91. The van der Waals surface area contributed by atoms with Crippen molar-refractivity contribution >= 4 is 24.7 Å². The average molecular weight is 371 g/mol. The van der Waals surface area contributed by atoms with Crippen LogP contribution in [0.5, 0.6) is 0 Å². The number of amides is 1. The molecule has 0 spiro atoms. The van der Waals surface area contributed by atoms with E-state index in [2.05, 4.69) is 30.1 Å². The first-order valence-corrected chi connectivity index (χ1v) is 8.80. The first kappa shape index (κ1) is 18.3. The lowest BCUT2D eigenvalue weighted by atomic mass is 9.98. The highest BCUT2D eigenvalue weighted by molar-refractivity contribution is 7.81. The van der Waals surface area contributed by atoms with Crippen LogP contribution in [0.2, 0.25) is 0 Å². The number of rotatable bonds is 5. The topological polar surface area (TPSA) is 75.6 Å². The number of fused-ring (bicyclic) bond motifs is 3. The third-order valence-corrected chi connectivity index (χ3v) is 4.82. The zero-order valence-corrected chi connectivity index (χ0v) is 15.5. The summed E-state index contributed by atoms with van der Waals surface area (Å²) in [7, 11) is 0. The normalized spacial score (nSPS) is 14.3. The van der Waals surface area contributed by atoms with Gasteiger partial charge in [-0.3, -0.25) is 0 Å². The second kappa shape index (κ2) is 7.03. The zero-order valence-electron chi connectivity index (χ0n) is 14.6. The molecule has 0 saturated carbocycles. The maximum atomic E-state index is 12.2. The molecule has 0 radical (unpaired) electrons. The van der Waals surface area contributed by atoms with E-state index in [9.17, 15) is 14.7 Å². The van der Waals surface area contributed by atoms with Crippen molar-refractivity contribution in [3.63, 3.8) is 0 Å². The lowest BCUT2D eigenvalue weighted by molar-refractivity contribution is -0.140. The van der Waals surface area contributed by atoms with Crippen LogP contribution in [0.1, 0.15) is 30.9 Å². The molecule has 0 unspecified atom stereocenters. The van der Waals surface area contributed by atoms with E-state index < -0.39 is 22.9 Å². The maximum Gasteiger partial charge on any atom is 0.407 e. The number of thiol groups is 1. The van der Waals surface area contributed by atoms with Gasteiger partial charge in [0.05, 0.1) is 0 Å². The Balaban J connectivity index is 1.74. The maximum absolute atomic E-state index is 12.2. The van der Waals surface area contributed by atoms with Crippen LogP contribution in [-0.2, 0) is 9.53 Å². The quantitative estimate of drug-likeness (QED) is 0.701. The summed E-state index contributed by atoms with van der Waals surface area (Å²) in [5.74, 6) is -1.22. The summed E-state index contributed by atoms with van der Waals surface area (Å²) in [6.45, 7) is 3.39. The summed E-state index contributed by atoms with van der Waals surface area (Å²) in [6.07, 6.45) is -0.763. The van der Waals surface area contributed by atoms with Crippen molar-refractivity contribution in [1.29, 1.82) is 0 Å². The molecule has 0 bridgehead atoms. The van der Waals surface area contributed by atoms with E-state index in [1.54, 1.807) is 13.8 Å². The summed E-state index contributed by atoms with van der Waals surface area (Å²) in [4.78, 5) is 23.5. The number of carbonyl (C=O) groups is 2. The van der Waals surface area contributed by atoms with E-state index in [1.807, 2.05) is 36.4 Å². The number of aliphatic carboxylic acids is 1. The molecule has 1 atom stereocenters. The highest BCUT2D eigenvalue weighted by atomic mass is 32.1. The summed E-state index contributed by atoms with van der Waals surface area (Å²) in [5.41, 5.74) is 4.48. The number of carbonyl (C=O) groups excluding carboxylic acids is 1. The fourth-order valence-electron chi connectivity index (χ4n) is 3.30. The van der Waals surface area contributed by atoms with E-state index in [-0.39, 0.29) is 12.5 Å². The van der Waals surface area contributed by atoms with Gasteiger partial charge in [-0.1, -0.05) is 48.5 Å². The molecule has 1 amide bonds. The number of hydrogen-bond donors (Lipinski definition) is 3. The van der Waals surface area contributed by atoms with Gasteiger partial charge < -0.3 is 15.2 Å². The van der Waals surface area contributed by atoms with Gasteiger partial charge in [-0.2, -0.15) is 12.6 Å². The van der Waals surface area contributed by atoms with Gasteiger partial charge >= 0.3 is 12.1 Å². The Hall–Kier alpha value is -2.47. The summed E-state index contributed by atoms with van der Waals surface area (Å²) in [6, 6.07) is 14.9. The second-order valence-corrected chi connectivity index (χ2v) is 8.05. The summed E-state index contributed by atoms with van der Waals surface area (Å²) >= 11 is 4.24. The fraction of sp³-hybridized carbons (Fsp3) is 0.300. The predicted octanol–water partition coefficient (Wildman–Crippen LogP) is 3.69. The van der Waals surface area contributed by atoms with Crippen molar-refractivity contribution in [3.8, 4) is 11.1 Å². The second-order valence-electron chi connectivity index (χ2n) is 6.89. The monoisotopic (exact) mass is 371 g/mol. The van der Waals surface area contributed by atoms with Gasteiger partial charge in [0.2, 0.25) is 0 Å². The molecule has 0 saturated heterocycles. The first-order chi connectivity index (χ1) is 12.3. The number of alkyl carbamates (subject to hydrolysis) is 1. The van der Waals surface area contributed by atoms with Crippen molar-refractivity contribution in [2.45, 2.75) is 30.6 Å². The Bertz CT molecular complexity index is 798. The number of nitrogens with one attached hydrogen (secondary N) is 1. The van der Waals surface area contributed by atoms with E-state index in [0.29, 0.717) is 0 Å². The minimum Gasteiger partial charge on any atom is -0.480 e. The Labute approximate surface area is 157 Å². The standard InChI is InChI=1S/C20H21NO4S/c1-20(2,26)17(18(22)23)21-19(24)25-11-16-14-9-5-3-7-12(14)13-8-4-6-10-15(13)16/h3-10,16-17,26H,11H2,1-2H3,(H,21,24)(H,22,23)/t17-/m0/s1. The van der Waals surface area contributed by atoms with Crippen molar-refractivity contribution in [3.05, 3.63) is 59.7 Å². The lowest BCUT2D eigenvalue weighted by Crippen LogP contribution is -2.51. The molecule has 0 fully saturated rings. The largest absolute Gasteiger partial charge is 0.480 e. The van der Waals surface area contributed by atoms with Gasteiger partial charge in [-0.25, -0.2) is 9.59 Å². The molecule has 136 valence electrons. The Morgan fingerprint density at radius 1 is 1.12 bits per heavy atom. The van der Waals surface area contributed by atoms with Gasteiger partial charge in [-0.05, 0) is 36.1 Å². The van der Waals surface area contributed by atoms with Crippen LogP contribution >= 0.6 is 12.6 Å². The van der Waals surface area contributed by atoms with Gasteiger partial charge in [0.25, 0.3) is 0 Å². The smallest absolute Gasteiger partial charge is 0.407 e. The molecule has 3 rings (SSSR count). The van der Waals surface area contributed by atoms with E-state index in [1.165, 1.54) is 0 Å². The highest BCUT2D eigenvalue weighted by Crippen LogP contribution is 2.44. The third-order valence-electron chi connectivity index (χ3n) is 4.56. The molecule has 5 nitrogen and oxygen atoms in total. The van der Waals surface area contributed by atoms with Crippen LogP contribution < -0.4 is 5.32 Å². The molecule has 2 N–H and O–H groups in total. The molecule has 1 aliphatic rings. The van der Waals surface area contributed by atoms with Crippen molar-refractivity contribution < 1.29 is 19.4 Å². The van der Waals surface area contributed by atoms with E-state index in [0.717, 1.165) is 22.3 Å². The van der Waals surface area contributed by atoms with E-state index >= 15 is 0 Å². The molecule has 2 aromatic rings. The summed E-state index contributed by atoms with van der Waals surface area (Å²) in [5, 5.41) is 11.7. The molecule has 2 aromatic carbocycles. The number of hydrogen-bond acceptors (Lipinski definition) is 4. The van der Waals surface area contributed by atoms with Crippen LogP contribution in [0.15, 0.2) is 48.5 Å². The number of ether oxygens (including phenoxy) is 1. The summed E-state index contributed by atoms with van der Waals surface area (Å²) < 4.78 is 4.45.